The number of aliphatic imine (C=N–C) groups is 1. The van der Waals surface area contributed by atoms with Gasteiger partial charge in [0.15, 0.2) is 11.7 Å². The molecule has 0 radical (unpaired) electrons. The molecule has 2 N–H and O–H groups in total. The molecule has 0 atom stereocenters. The van der Waals surface area contributed by atoms with Crippen LogP contribution in [0.25, 0.3) is 0 Å². The van der Waals surface area contributed by atoms with E-state index in [0.29, 0.717) is 25.0 Å². The van der Waals surface area contributed by atoms with E-state index in [9.17, 15) is 0 Å². The van der Waals surface area contributed by atoms with Crippen LogP contribution in [-0.4, -0.2) is 23.1 Å². The lowest BCUT2D eigenvalue weighted by Crippen LogP contribution is -2.36. The summed E-state index contributed by atoms with van der Waals surface area (Å²) < 4.78 is 5.30. The first kappa shape index (κ1) is 19.9. The number of hydrogen-bond donors (Lipinski definition) is 2. The van der Waals surface area contributed by atoms with Crippen LogP contribution in [-0.2, 0) is 13.1 Å². The van der Waals surface area contributed by atoms with E-state index in [2.05, 4.69) is 46.5 Å². The molecule has 0 aliphatic carbocycles. The molecule has 2 aromatic rings. The Kier molecular flexibility index (Phi) is 7.97. The van der Waals surface area contributed by atoms with Crippen molar-refractivity contribution in [3.05, 3.63) is 33.1 Å². The fourth-order valence-corrected chi connectivity index (χ4v) is 2.72. The second-order valence-electron chi connectivity index (χ2n) is 5.40. The first-order valence-electron chi connectivity index (χ1n) is 7.32. The summed E-state index contributed by atoms with van der Waals surface area (Å²) in [6, 6.07) is 1.97. The van der Waals surface area contributed by atoms with Crippen molar-refractivity contribution in [3.63, 3.8) is 0 Å². The Labute approximate surface area is 158 Å². The predicted octanol–water partition coefficient (Wildman–Crippen LogP) is 3.35. The molecular formula is C15H24IN5OS. The Balaban J connectivity index is 0.00000264. The van der Waals surface area contributed by atoms with Gasteiger partial charge in [-0.2, -0.15) is 0 Å². The van der Waals surface area contributed by atoms with Crippen LogP contribution >= 0.6 is 35.3 Å². The van der Waals surface area contributed by atoms with Crippen LogP contribution in [0, 0.1) is 13.8 Å². The third-order valence-corrected chi connectivity index (χ3v) is 4.38. The molecule has 0 saturated carbocycles. The molecule has 0 saturated heterocycles. The van der Waals surface area contributed by atoms with E-state index in [4.69, 9.17) is 4.52 Å². The standard InChI is InChI=1S/C15H23N5OS.HI/c1-9(2)13-6-12(21-20-13)7-17-15(16-5)18-8-14-19-10(3)11(4)22-14;/h6,9H,7-8H2,1-5H3,(H2,16,17,18);1H. The topological polar surface area (TPSA) is 75.3 Å². The Morgan fingerprint density at radius 3 is 2.52 bits per heavy atom. The van der Waals surface area contributed by atoms with Crippen LogP contribution in [0.4, 0.5) is 0 Å². The Morgan fingerprint density at radius 2 is 2.00 bits per heavy atom. The van der Waals surface area contributed by atoms with Crippen molar-refractivity contribution in [2.75, 3.05) is 7.05 Å². The van der Waals surface area contributed by atoms with Gasteiger partial charge in [-0.15, -0.1) is 35.3 Å². The molecule has 0 fully saturated rings. The quantitative estimate of drug-likeness (QED) is 0.416. The number of nitrogens with one attached hydrogen (secondary N) is 2. The molecule has 2 aromatic heterocycles. The lowest BCUT2D eigenvalue weighted by Gasteiger charge is -2.09. The minimum Gasteiger partial charge on any atom is -0.359 e. The van der Waals surface area contributed by atoms with Crippen molar-refractivity contribution in [1.82, 2.24) is 20.8 Å². The van der Waals surface area contributed by atoms with Gasteiger partial charge in [-0.1, -0.05) is 19.0 Å². The fraction of sp³-hybridized carbons (Fsp3) is 0.533. The summed E-state index contributed by atoms with van der Waals surface area (Å²) in [4.78, 5) is 9.95. The van der Waals surface area contributed by atoms with Gasteiger partial charge in [-0.05, 0) is 19.8 Å². The van der Waals surface area contributed by atoms with Crippen LogP contribution < -0.4 is 10.6 Å². The zero-order chi connectivity index (χ0) is 16.1. The average molecular weight is 449 g/mol. The maximum Gasteiger partial charge on any atom is 0.191 e. The largest absolute Gasteiger partial charge is 0.359 e. The first-order chi connectivity index (χ1) is 10.5. The highest BCUT2D eigenvalue weighted by atomic mass is 127. The molecule has 128 valence electrons. The summed E-state index contributed by atoms with van der Waals surface area (Å²) in [6.07, 6.45) is 0. The third kappa shape index (κ3) is 5.76. The van der Waals surface area contributed by atoms with Gasteiger partial charge in [-0.25, -0.2) is 4.98 Å². The minimum absolute atomic E-state index is 0. The summed E-state index contributed by atoms with van der Waals surface area (Å²) in [5, 5.41) is 11.6. The van der Waals surface area contributed by atoms with Crippen molar-refractivity contribution >= 4 is 41.3 Å². The number of aryl methyl sites for hydroxylation is 2. The van der Waals surface area contributed by atoms with Crippen LogP contribution in [0.5, 0.6) is 0 Å². The molecule has 0 spiro atoms. The monoisotopic (exact) mass is 449 g/mol. The first-order valence-corrected chi connectivity index (χ1v) is 8.14. The van der Waals surface area contributed by atoms with Crippen LogP contribution in [0.1, 0.15) is 46.8 Å². The van der Waals surface area contributed by atoms with Gasteiger partial charge in [0.05, 0.1) is 24.5 Å². The summed E-state index contributed by atoms with van der Waals surface area (Å²) in [6.45, 7) is 9.50. The SMILES string of the molecule is CN=C(NCc1cc(C(C)C)no1)NCc1nc(C)c(C)s1.I. The van der Waals surface area contributed by atoms with Gasteiger partial charge < -0.3 is 15.2 Å². The molecule has 8 heteroatoms. The van der Waals surface area contributed by atoms with E-state index < -0.39 is 0 Å². The van der Waals surface area contributed by atoms with Crippen molar-refractivity contribution < 1.29 is 4.52 Å². The summed E-state index contributed by atoms with van der Waals surface area (Å²) in [5.74, 6) is 1.88. The van der Waals surface area contributed by atoms with Crippen molar-refractivity contribution in [2.24, 2.45) is 4.99 Å². The van der Waals surface area contributed by atoms with Gasteiger partial charge >= 0.3 is 0 Å². The smallest absolute Gasteiger partial charge is 0.191 e. The molecule has 6 nitrogen and oxygen atoms in total. The molecule has 0 aliphatic heterocycles. The van der Waals surface area contributed by atoms with E-state index >= 15 is 0 Å². The lowest BCUT2D eigenvalue weighted by atomic mass is 10.1. The Hall–Kier alpha value is -1.16. The van der Waals surface area contributed by atoms with E-state index in [1.54, 1.807) is 18.4 Å². The van der Waals surface area contributed by atoms with Crippen molar-refractivity contribution in [1.29, 1.82) is 0 Å². The summed E-state index contributed by atoms with van der Waals surface area (Å²) in [5.41, 5.74) is 2.06. The van der Waals surface area contributed by atoms with Crippen LogP contribution in [0.3, 0.4) is 0 Å². The molecule has 0 bridgehead atoms. The van der Waals surface area contributed by atoms with Gasteiger partial charge in [0.25, 0.3) is 0 Å². The third-order valence-electron chi connectivity index (χ3n) is 3.30. The fourth-order valence-electron chi connectivity index (χ4n) is 1.85. The highest BCUT2D eigenvalue weighted by molar-refractivity contribution is 14.0. The van der Waals surface area contributed by atoms with Gasteiger partial charge in [-0.3, -0.25) is 4.99 Å². The number of guanidine groups is 1. The highest BCUT2D eigenvalue weighted by Crippen LogP contribution is 2.16. The Bertz CT molecular complexity index is 631. The normalized spacial score (nSPS) is 11.5. The van der Waals surface area contributed by atoms with Crippen LogP contribution in [0.2, 0.25) is 0 Å². The van der Waals surface area contributed by atoms with E-state index in [1.165, 1.54) is 4.88 Å². The van der Waals surface area contributed by atoms with E-state index in [0.717, 1.165) is 22.2 Å². The van der Waals surface area contributed by atoms with Gasteiger partial charge in [0.2, 0.25) is 0 Å². The lowest BCUT2D eigenvalue weighted by molar-refractivity contribution is 0.372. The van der Waals surface area contributed by atoms with Gasteiger partial charge in [0, 0.05) is 18.0 Å². The molecule has 2 heterocycles. The maximum absolute atomic E-state index is 5.30. The number of hydrogen-bond acceptors (Lipinski definition) is 5. The second-order valence-corrected chi connectivity index (χ2v) is 6.69. The molecule has 0 unspecified atom stereocenters. The zero-order valence-corrected chi connectivity index (χ0v) is 17.3. The highest BCUT2D eigenvalue weighted by Gasteiger charge is 2.09. The van der Waals surface area contributed by atoms with Gasteiger partial charge in [0.1, 0.15) is 5.01 Å². The summed E-state index contributed by atoms with van der Waals surface area (Å²) in [7, 11) is 1.74. The Morgan fingerprint density at radius 1 is 1.30 bits per heavy atom. The number of nitrogens with zero attached hydrogens (tertiary/aromatic N) is 3. The van der Waals surface area contributed by atoms with E-state index in [1.807, 2.05) is 13.0 Å². The van der Waals surface area contributed by atoms with Crippen LogP contribution in [0.15, 0.2) is 15.6 Å². The molecule has 23 heavy (non-hydrogen) atoms. The second kappa shape index (κ2) is 9.21. The minimum atomic E-state index is 0. The molecular weight excluding hydrogens is 425 g/mol. The molecule has 0 amide bonds. The van der Waals surface area contributed by atoms with E-state index in [-0.39, 0.29) is 24.0 Å². The number of thiazole rings is 1. The average Bonchev–Trinajstić information content (AvgIpc) is 3.07. The summed E-state index contributed by atoms with van der Waals surface area (Å²) >= 11 is 1.70. The maximum atomic E-state index is 5.30. The van der Waals surface area contributed by atoms with Crippen molar-refractivity contribution in [3.8, 4) is 0 Å². The molecule has 0 aliphatic rings. The molecule has 0 aromatic carbocycles. The molecule has 2 rings (SSSR count). The number of rotatable bonds is 5. The zero-order valence-electron chi connectivity index (χ0n) is 14.1. The number of aromatic nitrogens is 2. The predicted molar refractivity (Wildman–Crippen MR) is 105 cm³/mol. The van der Waals surface area contributed by atoms with Crippen molar-refractivity contribution in [2.45, 2.75) is 46.7 Å². The number of halogens is 1.